The van der Waals surface area contributed by atoms with Gasteiger partial charge in [0.2, 0.25) is 0 Å². The van der Waals surface area contributed by atoms with E-state index < -0.39 is 0 Å². The largest absolute Gasteiger partial charge is 0.377 e. The van der Waals surface area contributed by atoms with Gasteiger partial charge >= 0.3 is 0 Å². The smallest absolute Gasteiger partial charge is 0.281 e. The van der Waals surface area contributed by atoms with Gasteiger partial charge < -0.3 is 5.32 Å². The Morgan fingerprint density at radius 1 is 1.80 bits per heavy atom. The topological polar surface area (TPSA) is 67.1 Å². The SMILES string of the molecule is NNC(=O)C1=CC=CCN1. The Kier molecular flexibility index (Phi) is 2.07. The van der Waals surface area contributed by atoms with Crippen molar-refractivity contribution in [2.75, 3.05) is 6.54 Å². The van der Waals surface area contributed by atoms with Gasteiger partial charge in [-0.15, -0.1) is 0 Å². The molecule has 4 N–H and O–H groups in total. The summed E-state index contributed by atoms with van der Waals surface area (Å²) in [6, 6.07) is 0. The van der Waals surface area contributed by atoms with Gasteiger partial charge in [-0.2, -0.15) is 0 Å². The number of allylic oxidation sites excluding steroid dienone is 2. The van der Waals surface area contributed by atoms with E-state index in [1.807, 2.05) is 11.5 Å². The highest BCUT2D eigenvalue weighted by Crippen LogP contribution is 1.94. The van der Waals surface area contributed by atoms with Crippen molar-refractivity contribution in [3.63, 3.8) is 0 Å². The van der Waals surface area contributed by atoms with Crippen LogP contribution in [0.1, 0.15) is 0 Å². The van der Waals surface area contributed by atoms with Gasteiger partial charge in [0, 0.05) is 6.54 Å². The predicted molar refractivity (Wildman–Crippen MR) is 37.6 cm³/mol. The van der Waals surface area contributed by atoms with E-state index in [4.69, 9.17) is 5.84 Å². The average molecular weight is 139 g/mol. The first-order valence-electron chi connectivity index (χ1n) is 2.96. The average Bonchev–Trinajstić information content (AvgIpc) is 2.05. The summed E-state index contributed by atoms with van der Waals surface area (Å²) in [5, 5.41) is 2.85. The molecule has 0 saturated heterocycles. The number of dihydropyridines is 1. The molecule has 1 amide bonds. The van der Waals surface area contributed by atoms with Gasteiger partial charge in [-0.05, 0) is 6.08 Å². The van der Waals surface area contributed by atoms with Gasteiger partial charge in [0.15, 0.2) is 0 Å². The van der Waals surface area contributed by atoms with E-state index in [0.717, 1.165) is 0 Å². The predicted octanol–water partition coefficient (Wildman–Crippen LogP) is -0.980. The molecular weight excluding hydrogens is 130 g/mol. The van der Waals surface area contributed by atoms with Crippen molar-refractivity contribution >= 4 is 5.91 Å². The highest BCUT2D eigenvalue weighted by molar-refractivity contribution is 5.92. The second kappa shape index (κ2) is 3.03. The third-order valence-corrected chi connectivity index (χ3v) is 1.19. The van der Waals surface area contributed by atoms with Crippen molar-refractivity contribution < 1.29 is 4.79 Å². The van der Waals surface area contributed by atoms with E-state index in [2.05, 4.69) is 5.32 Å². The first-order chi connectivity index (χ1) is 4.84. The fraction of sp³-hybridized carbons (Fsp3) is 0.167. The molecule has 0 unspecified atom stereocenters. The molecule has 4 heteroatoms. The molecule has 0 saturated carbocycles. The lowest BCUT2D eigenvalue weighted by atomic mass is 10.3. The highest BCUT2D eigenvalue weighted by atomic mass is 16.2. The van der Waals surface area contributed by atoms with E-state index in [9.17, 15) is 4.79 Å². The van der Waals surface area contributed by atoms with E-state index in [0.29, 0.717) is 12.2 Å². The number of rotatable bonds is 1. The Bertz CT molecular complexity index is 195. The van der Waals surface area contributed by atoms with Crippen molar-refractivity contribution in [1.82, 2.24) is 10.7 Å². The van der Waals surface area contributed by atoms with Crippen molar-refractivity contribution in [3.05, 3.63) is 23.9 Å². The summed E-state index contributed by atoms with van der Waals surface area (Å²) in [7, 11) is 0. The van der Waals surface area contributed by atoms with Crippen LogP contribution in [0.25, 0.3) is 0 Å². The van der Waals surface area contributed by atoms with Crippen LogP contribution < -0.4 is 16.6 Å². The number of carbonyl (C=O) groups is 1. The number of hydrogen-bond acceptors (Lipinski definition) is 3. The zero-order valence-electron chi connectivity index (χ0n) is 5.42. The third kappa shape index (κ3) is 1.35. The molecule has 0 atom stereocenters. The molecule has 1 aliphatic rings. The molecule has 54 valence electrons. The fourth-order valence-corrected chi connectivity index (χ4v) is 0.694. The lowest BCUT2D eigenvalue weighted by molar-refractivity contribution is -0.117. The third-order valence-electron chi connectivity index (χ3n) is 1.19. The molecule has 0 spiro atoms. The van der Waals surface area contributed by atoms with Crippen LogP contribution in [0.2, 0.25) is 0 Å². The molecule has 4 nitrogen and oxygen atoms in total. The zero-order chi connectivity index (χ0) is 7.40. The molecule has 1 aliphatic heterocycles. The van der Waals surface area contributed by atoms with Gasteiger partial charge in [0.1, 0.15) is 5.70 Å². The van der Waals surface area contributed by atoms with Crippen LogP contribution in [-0.2, 0) is 4.79 Å². The molecule has 1 heterocycles. The summed E-state index contributed by atoms with van der Waals surface area (Å²) in [5.74, 6) is 4.61. The number of nitrogens with one attached hydrogen (secondary N) is 2. The van der Waals surface area contributed by atoms with Crippen molar-refractivity contribution in [2.24, 2.45) is 5.84 Å². The van der Waals surface area contributed by atoms with Gasteiger partial charge in [0.25, 0.3) is 5.91 Å². The molecule has 0 aromatic heterocycles. The Hall–Kier alpha value is -1.29. The minimum Gasteiger partial charge on any atom is -0.377 e. The number of amides is 1. The zero-order valence-corrected chi connectivity index (χ0v) is 5.42. The quantitative estimate of drug-likeness (QED) is 0.248. The standard InChI is InChI=1S/C6H9N3O/c7-9-6(10)5-3-1-2-4-8-5/h1-3,8H,4,7H2,(H,9,10). The second-order valence-corrected chi connectivity index (χ2v) is 1.86. The van der Waals surface area contributed by atoms with Crippen LogP contribution in [-0.4, -0.2) is 12.5 Å². The Balaban J connectivity index is 2.62. The van der Waals surface area contributed by atoms with Crippen LogP contribution in [0.4, 0.5) is 0 Å². The summed E-state index contributed by atoms with van der Waals surface area (Å²) in [6.45, 7) is 0.680. The van der Waals surface area contributed by atoms with Crippen LogP contribution in [0.5, 0.6) is 0 Å². The monoisotopic (exact) mass is 139 g/mol. The number of carbonyl (C=O) groups excluding carboxylic acids is 1. The van der Waals surface area contributed by atoms with Gasteiger partial charge in [-0.25, -0.2) is 5.84 Å². The summed E-state index contributed by atoms with van der Waals surface area (Å²) in [6.07, 6.45) is 5.39. The summed E-state index contributed by atoms with van der Waals surface area (Å²) >= 11 is 0. The lowest BCUT2D eigenvalue weighted by Crippen LogP contribution is -2.36. The second-order valence-electron chi connectivity index (χ2n) is 1.86. The minimum absolute atomic E-state index is 0.288. The van der Waals surface area contributed by atoms with Crippen LogP contribution in [0.3, 0.4) is 0 Å². The molecular formula is C6H9N3O. The van der Waals surface area contributed by atoms with Crippen LogP contribution in [0.15, 0.2) is 23.9 Å². The van der Waals surface area contributed by atoms with Crippen LogP contribution in [0, 0.1) is 0 Å². The first kappa shape index (κ1) is 6.82. The summed E-state index contributed by atoms with van der Waals surface area (Å²) in [5.41, 5.74) is 2.54. The maximum Gasteiger partial charge on any atom is 0.281 e. The van der Waals surface area contributed by atoms with E-state index in [1.165, 1.54) is 0 Å². The Morgan fingerprint density at radius 3 is 3.10 bits per heavy atom. The van der Waals surface area contributed by atoms with Crippen molar-refractivity contribution in [1.29, 1.82) is 0 Å². The van der Waals surface area contributed by atoms with Crippen molar-refractivity contribution in [2.45, 2.75) is 0 Å². The first-order valence-corrected chi connectivity index (χ1v) is 2.96. The fourth-order valence-electron chi connectivity index (χ4n) is 0.694. The minimum atomic E-state index is -0.288. The lowest BCUT2D eigenvalue weighted by Gasteiger charge is -2.08. The maximum absolute atomic E-state index is 10.8. The normalized spacial score (nSPS) is 15.5. The Morgan fingerprint density at radius 2 is 2.60 bits per heavy atom. The molecule has 0 aliphatic carbocycles. The van der Waals surface area contributed by atoms with Gasteiger partial charge in [-0.1, -0.05) is 12.2 Å². The van der Waals surface area contributed by atoms with Gasteiger partial charge in [-0.3, -0.25) is 10.2 Å². The Labute approximate surface area is 58.8 Å². The highest BCUT2D eigenvalue weighted by Gasteiger charge is 2.05. The van der Waals surface area contributed by atoms with E-state index >= 15 is 0 Å². The summed E-state index contributed by atoms with van der Waals surface area (Å²) < 4.78 is 0. The molecule has 0 aromatic carbocycles. The molecule has 0 radical (unpaired) electrons. The van der Waals surface area contributed by atoms with E-state index in [-0.39, 0.29) is 5.91 Å². The summed E-state index contributed by atoms with van der Waals surface area (Å²) in [4.78, 5) is 10.8. The number of hydrogen-bond donors (Lipinski definition) is 3. The maximum atomic E-state index is 10.8. The number of hydrazine groups is 1. The molecule has 10 heavy (non-hydrogen) atoms. The van der Waals surface area contributed by atoms with Crippen molar-refractivity contribution in [3.8, 4) is 0 Å². The van der Waals surface area contributed by atoms with E-state index in [1.54, 1.807) is 12.2 Å². The molecule has 1 rings (SSSR count). The number of nitrogens with two attached hydrogens (primary N) is 1. The van der Waals surface area contributed by atoms with Crippen LogP contribution >= 0.6 is 0 Å². The molecule has 0 aromatic rings. The molecule has 0 bridgehead atoms. The molecule has 0 fully saturated rings. The van der Waals surface area contributed by atoms with Gasteiger partial charge in [0.05, 0.1) is 0 Å².